The number of rotatable bonds is 8. The molecule has 0 saturated carbocycles. The van der Waals surface area contributed by atoms with E-state index in [1.807, 2.05) is 0 Å². The molecule has 5 nitrogen and oxygen atoms in total. The fourth-order valence-electron chi connectivity index (χ4n) is 2.53. The van der Waals surface area contributed by atoms with E-state index in [2.05, 4.69) is 11.9 Å². The molecule has 0 heterocycles. The van der Waals surface area contributed by atoms with Crippen LogP contribution in [0.25, 0.3) is 6.08 Å². The predicted molar refractivity (Wildman–Crippen MR) is 104 cm³/mol. The van der Waals surface area contributed by atoms with E-state index < -0.39 is 23.8 Å². The van der Waals surface area contributed by atoms with Crippen LogP contribution in [0.15, 0.2) is 61.2 Å². The van der Waals surface area contributed by atoms with Gasteiger partial charge in [-0.3, -0.25) is 4.79 Å². The second kappa shape index (κ2) is 9.79. The zero-order chi connectivity index (χ0) is 21.4. The Morgan fingerprint density at radius 2 is 1.97 bits per heavy atom. The van der Waals surface area contributed by atoms with Gasteiger partial charge in [0.1, 0.15) is 12.8 Å². The summed E-state index contributed by atoms with van der Waals surface area (Å²) in [5.74, 6) is 0.338. The predicted octanol–water partition coefficient (Wildman–Crippen LogP) is 4.07. The van der Waals surface area contributed by atoms with Crippen LogP contribution in [0.4, 0.5) is 13.2 Å². The van der Waals surface area contributed by atoms with Crippen LogP contribution in [-0.2, 0) is 11.0 Å². The summed E-state index contributed by atoms with van der Waals surface area (Å²) in [5, 5.41) is 2.33. The van der Waals surface area contributed by atoms with E-state index in [4.69, 9.17) is 15.2 Å². The summed E-state index contributed by atoms with van der Waals surface area (Å²) in [5.41, 5.74) is 5.29. The summed E-state index contributed by atoms with van der Waals surface area (Å²) in [7, 11) is 1.48. The van der Waals surface area contributed by atoms with E-state index in [9.17, 15) is 18.0 Å². The lowest BCUT2D eigenvalue weighted by atomic mass is 10.0. The molecule has 1 atom stereocenters. The highest BCUT2D eigenvalue weighted by Crippen LogP contribution is 2.33. The second-order valence-corrected chi connectivity index (χ2v) is 5.91. The first-order valence-electron chi connectivity index (χ1n) is 8.58. The van der Waals surface area contributed by atoms with Gasteiger partial charge in [0.25, 0.3) is 0 Å². The first-order chi connectivity index (χ1) is 13.8. The first-order valence-corrected chi connectivity index (χ1v) is 8.58. The molecule has 0 aliphatic rings. The van der Waals surface area contributed by atoms with Crippen molar-refractivity contribution in [3.63, 3.8) is 0 Å². The number of hydrogen-bond acceptors (Lipinski definition) is 4. The Morgan fingerprint density at radius 1 is 1.24 bits per heavy atom. The maximum Gasteiger partial charge on any atom is 0.416 e. The molecule has 2 aromatic rings. The zero-order valence-corrected chi connectivity index (χ0v) is 15.7. The molecule has 1 amide bonds. The molecule has 3 N–H and O–H groups in total. The molecule has 0 aliphatic heterocycles. The van der Waals surface area contributed by atoms with Gasteiger partial charge >= 0.3 is 6.18 Å². The third kappa shape index (κ3) is 6.11. The van der Waals surface area contributed by atoms with E-state index in [-0.39, 0.29) is 5.56 Å². The van der Waals surface area contributed by atoms with Crippen LogP contribution in [0.1, 0.15) is 22.9 Å². The lowest BCUT2D eigenvalue weighted by molar-refractivity contribution is -0.138. The molecule has 29 heavy (non-hydrogen) atoms. The molecule has 2 aromatic carbocycles. The number of nitrogens with one attached hydrogen (secondary N) is 1. The maximum atomic E-state index is 13.1. The minimum atomic E-state index is -4.57. The molecule has 0 saturated heterocycles. The number of amides is 1. The normalized spacial score (nSPS) is 12.4. The van der Waals surface area contributed by atoms with Crippen LogP contribution in [0.3, 0.4) is 0 Å². The topological polar surface area (TPSA) is 73.6 Å². The Labute approximate surface area is 166 Å². The van der Waals surface area contributed by atoms with Gasteiger partial charge in [-0.1, -0.05) is 36.9 Å². The van der Waals surface area contributed by atoms with Crippen LogP contribution in [0.2, 0.25) is 0 Å². The Kier molecular flexibility index (Phi) is 7.44. The number of ether oxygens (including phenoxy) is 2. The van der Waals surface area contributed by atoms with Crippen LogP contribution < -0.4 is 20.5 Å². The molecule has 0 fully saturated rings. The number of carbonyl (C=O) groups is 1. The number of halogens is 3. The van der Waals surface area contributed by atoms with E-state index >= 15 is 0 Å². The monoisotopic (exact) mass is 406 g/mol. The minimum absolute atomic E-state index is 0.216. The third-order valence-corrected chi connectivity index (χ3v) is 3.87. The molecular formula is C21H21F3N2O3. The Bertz CT molecular complexity index is 895. The average molecular weight is 406 g/mol. The fraction of sp³-hybridized carbons (Fsp3) is 0.190. The van der Waals surface area contributed by atoms with Crippen molar-refractivity contribution in [2.24, 2.45) is 5.73 Å². The quantitative estimate of drug-likeness (QED) is 0.394. The van der Waals surface area contributed by atoms with E-state index in [0.29, 0.717) is 23.7 Å². The average Bonchev–Trinajstić information content (AvgIpc) is 2.70. The maximum absolute atomic E-state index is 13.1. The fourth-order valence-corrected chi connectivity index (χ4v) is 2.53. The van der Waals surface area contributed by atoms with Gasteiger partial charge in [0.2, 0.25) is 5.91 Å². The second-order valence-electron chi connectivity index (χ2n) is 5.91. The largest absolute Gasteiger partial charge is 0.493 e. The lowest BCUT2D eigenvalue weighted by Gasteiger charge is -2.18. The van der Waals surface area contributed by atoms with Gasteiger partial charge in [-0.2, -0.15) is 13.2 Å². The van der Waals surface area contributed by atoms with Gasteiger partial charge in [-0.05, 0) is 29.8 Å². The number of carbonyl (C=O) groups excluding carboxylic acids is 1. The number of benzene rings is 2. The summed E-state index contributed by atoms with van der Waals surface area (Å²) in [4.78, 5) is 12.1. The van der Waals surface area contributed by atoms with Crippen molar-refractivity contribution in [1.29, 1.82) is 0 Å². The zero-order valence-electron chi connectivity index (χ0n) is 15.7. The van der Waals surface area contributed by atoms with Crippen LogP contribution in [0, 0.1) is 0 Å². The highest BCUT2D eigenvalue weighted by molar-refractivity contribution is 5.92. The van der Waals surface area contributed by atoms with Gasteiger partial charge in [0.15, 0.2) is 11.5 Å². The summed E-state index contributed by atoms with van der Waals surface area (Å²) in [6.45, 7) is 3.88. The molecule has 154 valence electrons. The van der Waals surface area contributed by atoms with Gasteiger partial charge in [0, 0.05) is 11.6 Å². The van der Waals surface area contributed by atoms with Crippen molar-refractivity contribution >= 4 is 12.0 Å². The number of methoxy groups -OCH3 is 1. The highest BCUT2D eigenvalue weighted by atomic mass is 19.4. The molecule has 0 spiro atoms. The van der Waals surface area contributed by atoms with Crippen molar-refractivity contribution in [3.05, 3.63) is 77.9 Å². The van der Waals surface area contributed by atoms with Crippen LogP contribution in [-0.4, -0.2) is 19.6 Å². The van der Waals surface area contributed by atoms with Crippen molar-refractivity contribution in [3.8, 4) is 11.5 Å². The summed E-state index contributed by atoms with van der Waals surface area (Å²) < 4.78 is 49.9. The van der Waals surface area contributed by atoms with Crippen molar-refractivity contribution < 1.29 is 27.4 Å². The summed E-state index contributed by atoms with van der Waals surface area (Å²) in [6.07, 6.45) is -1.63. The van der Waals surface area contributed by atoms with E-state index in [0.717, 1.165) is 6.07 Å². The number of hydrogen-bond donors (Lipinski definition) is 2. The molecule has 0 radical (unpaired) electrons. The highest BCUT2D eigenvalue weighted by Gasteiger charge is 2.34. The van der Waals surface area contributed by atoms with Gasteiger partial charge < -0.3 is 20.5 Å². The van der Waals surface area contributed by atoms with Crippen molar-refractivity contribution in [2.45, 2.75) is 12.3 Å². The lowest BCUT2D eigenvalue weighted by Crippen LogP contribution is -2.34. The van der Waals surface area contributed by atoms with Gasteiger partial charge in [-0.15, -0.1) is 0 Å². The van der Waals surface area contributed by atoms with Crippen molar-refractivity contribution in [1.82, 2.24) is 5.32 Å². The van der Waals surface area contributed by atoms with E-state index in [1.54, 1.807) is 24.3 Å². The molecule has 0 aromatic heterocycles. The summed E-state index contributed by atoms with van der Waals surface area (Å²) >= 11 is 0. The Balaban J connectivity index is 2.09. The van der Waals surface area contributed by atoms with E-state index in [1.165, 1.54) is 37.5 Å². The Morgan fingerprint density at radius 3 is 2.62 bits per heavy atom. The number of nitrogens with two attached hydrogens (primary N) is 1. The van der Waals surface area contributed by atoms with Gasteiger partial charge in [0.05, 0.1) is 12.7 Å². The molecular weight excluding hydrogens is 385 g/mol. The molecule has 0 aliphatic carbocycles. The minimum Gasteiger partial charge on any atom is -0.493 e. The Hall–Kier alpha value is -3.26. The van der Waals surface area contributed by atoms with Crippen LogP contribution in [0.5, 0.6) is 11.5 Å². The SMILES string of the molecule is C=CCOc1ccc(C=CC(=O)NC(N)c2ccccc2C(F)(F)F)cc1OC. The molecule has 8 heteroatoms. The molecule has 2 rings (SSSR count). The first kappa shape index (κ1) is 22.0. The van der Waals surface area contributed by atoms with Gasteiger partial charge in [-0.25, -0.2) is 0 Å². The third-order valence-electron chi connectivity index (χ3n) is 3.87. The van der Waals surface area contributed by atoms with Crippen molar-refractivity contribution in [2.75, 3.05) is 13.7 Å². The standard InChI is InChI=1S/C21H21F3N2O3/c1-3-12-29-17-10-8-14(13-18(17)28-2)9-11-19(27)26-20(25)15-6-4-5-7-16(15)21(22,23)24/h3-11,13,20H,1,12,25H2,2H3,(H,26,27). The van der Waals surface area contributed by atoms with Crippen LogP contribution >= 0.6 is 0 Å². The smallest absolute Gasteiger partial charge is 0.416 e. The molecule has 0 bridgehead atoms. The number of alkyl halides is 3. The summed E-state index contributed by atoms with van der Waals surface area (Å²) in [6, 6.07) is 9.85. The molecule has 1 unspecified atom stereocenters.